The molecule has 104 valence electrons. The number of hydrogen-bond acceptors (Lipinski definition) is 3. The average molecular weight is 279 g/mol. The van der Waals surface area contributed by atoms with Gasteiger partial charge in [0.05, 0.1) is 11.6 Å². The first-order chi connectivity index (χ1) is 9.22. The summed E-state index contributed by atoms with van der Waals surface area (Å²) in [5, 5.41) is 14.4. The molecule has 3 nitrogen and oxygen atoms in total. The number of aryl methyl sites for hydroxylation is 1. The summed E-state index contributed by atoms with van der Waals surface area (Å²) in [7, 11) is 0. The predicted octanol–water partition coefficient (Wildman–Crippen LogP) is 2.59. The summed E-state index contributed by atoms with van der Waals surface area (Å²) in [6, 6.07) is 2.09. The number of hydrogen-bond donors (Lipinski definition) is 1. The van der Waals surface area contributed by atoms with E-state index in [0.29, 0.717) is 6.42 Å². The van der Waals surface area contributed by atoms with Gasteiger partial charge in [0, 0.05) is 13.0 Å². The van der Waals surface area contributed by atoms with E-state index in [2.05, 4.69) is 16.8 Å². The quantitative estimate of drug-likeness (QED) is 0.924. The van der Waals surface area contributed by atoms with Crippen molar-refractivity contribution in [2.75, 3.05) is 6.54 Å². The molecule has 19 heavy (non-hydrogen) atoms. The number of nitrogens with zero attached hydrogens (tertiary/aromatic N) is 1. The molecule has 3 rings (SSSR count). The van der Waals surface area contributed by atoms with E-state index in [4.69, 9.17) is 0 Å². The monoisotopic (exact) mass is 279 g/mol. The van der Waals surface area contributed by atoms with Crippen LogP contribution in [0, 0.1) is 0 Å². The van der Waals surface area contributed by atoms with E-state index in [0.717, 1.165) is 45.1 Å². The van der Waals surface area contributed by atoms with E-state index in [-0.39, 0.29) is 17.6 Å². The summed E-state index contributed by atoms with van der Waals surface area (Å²) in [5.74, 6) is 0.227. The summed E-state index contributed by atoms with van der Waals surface area (Å²) in [6.45, 7) is 0.740. The summed E-state index contributed by atoms with van der Waals surface area (Å²) in [6.07, 6.45) is 6.11. The molecule has 1 atom stereocenters. The van der Waals surface area contributed by atoms with Crippen LogP contribution in [0.25, 0.3) is 0 Å². The van der Waals surface area contributed by atoms with E-state index in [9.17, 15) is 9.90 Å². The van der Waals surface area contributed by atoms with Gasteiger partial charge in [-0.05, 0) is 48.1 Å². The SMILES string of the molecule is O=C(CCc1ccsc1)N1CC[C@H](O)C12CCCC2. The first-order valence-electron chi connectivity index (χ1n) is 7.22. The Kier molecular flexibility index (Phi) is 3.63. The van der Waals surface area contributed by atoms with E-state index in [1.54, 1.807) is 11.3 Å². The maximum absolute atomic E-state index is 12.5. The number of carbonyl (C=O) groups is 1. The smallest absolute Gasteiger partial charge is 0.223 e. The van der Waals surface area contributed by atoms with Crippen LogP contribution in [0.1, 0.15) is 44.1 Å². The lowest BCUT2D eigenvalue weighted by Gasteiger charge is -2.37. The number of amides is 1. The first-order valence-corrected chi connectivity index (χ1v) is 8.16. The van der Waals surface area contributed by atoms with Gasteiger partial charge in [0.1, 0.15) is 0 Å². The third-order valence-electron chi connectivity index (χ3n) is 4.76. The van der Waals surface area contributed by atoms with Gasteiger partial charge in [0.15, 0.2) is 0 Å². The Morgan fingerprint density at radius 1 is 1.47 bits per heavy atom. The molecule has 2 heterocycles. The minimum absolute atomic E-state index is 0.217. The van der Waals surface area contributed by atoms with Gasteiger partial charge in [0.2, 0.25) is 5.91 Å². The number of aliphatic hydroxyl groups is 1. The zero-order chi connectivity index (χ0) is 13.3. The number of rotatable bonds is 3. The van der Waals surface area contributed by atoms with Gasteiger partial charge in [-0.25, -0.2) is 0 Å². The van der Waals surface area contributed by atoms with Crippen molar-refractivity contribution in [1.29, 1.82) is 0 Å². The third-order valence-corrected chi connectivity index (χ3v) is 5.49. The Labute approximate surface area is 118 Å². The molecule has 4 heteroatoms. The largest absolute Gasteiger partial charge is 0.391 e. The molecule has 0 bridgehead atoms. The van der Waals surface area contributed by atoms with Crippen molar-refractivity contribution >= 4 is 17.2 Å². The molecule has 0 radical (unpaired) electrons. The highest BCUT2D eigenvalue weighted by atomic mass is 32.1. The van der Waals surface area contributed by atoms with Crippen molar-refractivity contribution in [2.24, 2.45) is 0 Å². The summed E-state index contributed by atoms with van der Waals surface area (Å²) < 4.78 is 0. The molecule has 2 fully saturated rings. The lowest BCUT2D eigenvalue weighted by molar-refractivity contribution is -0.137. The average Bonchev–Trinajstić information content (AvgIpc) is 3.13. The molecule has 1 N–H and O–H groups in total. The summed E-state index contributed by atoms with van der Waals surface area (Å²) in [5.41, 5.74) is 1.03. The Morgan fingerprint density at radius 2 is 2.26 bits per heavy atom. The fourth-order valence-corrected chi connectivity index (χ4v) is 4.41. The Bertz CT molecular complexity index is 437. The van der Waals surface area contributed by atoms with Crippen LogP contribution in [0.5, 0.6) is 0 Å². The first kappa shape index (κ1) is 13.1. The predicted molar refractivity (Wildman–Crippen MR) is 76.2 cm³/mol. The third kappa shape index (κ3) is 2.32. The normalized spacial score (nSPS) is 25.3. The van der Waals surface area contributed by atoms with Crippen molar-refractivity contribution in [3.63, 3.8) is 0 Å². The van der Waals surface area contributed by atoms with E-state index >= 15 is 0 Å². The molecular weight excluding hydrogens is 258 g/mol. The lowest BCUT2D eigenvalue weighted by atomic mass is 9.91. The Morgan fingerprint density at radius 3 is 2.95 bits per heavy atom. The zero-order valence-electron chi connectivity index (χ0n) is 11.2. The number of carbonyl (C=O) groups excluding carboxylic acids is 1. The van der Waals surface area contributed by atoms with Crippen molar-refractivity contribution in [3.05, 3.63) is 22.4 Å². The van der Waals surface area contributed by atoms with Crippen molar-refractivity contribution in [3.8, 4) is 0 Å². The van der Waals surface area contributed by atoms with E-state index in [1.807, 2.05) is 4.90 Å². The molecule has 2 aliphatic rings. The fourth-order valence-electron chi connectivity index (χ4n) is 3.71. The molecule has 1 saturated heterocycles. The standard InChI is InChI=1S/C15H21NO2S/c17-13-5-9-16(15(13)7-1-2-8-15)14(18)4-3-12-6-10-19-11-12/h6,10-11,13,17H,1-5,7-9H2/t13-/m0/s1. The minimum atomic E-state index is -0.305. The summed E-state index contributed by atoms with van der Waals surface area (Å²) in [4.78, 5) is 14.5. The van der Waals surface area contributed by atoms with Crippen molar-refractivity contribution in [1.82, 2.24) is 4.90 Å². The molecule has 1 aromatic heterocycles. The Balaban J connectivity index is 1.65. The molecule has 1 spiro atoms. The highest BCUT2D eigenvalue weighted by Gasteiger charge is 2.51. The maximum atomic E-state index is 12.5. The van der Waals surface area contributed by atoms with Crippen LogP contribution in [-0.2, 0) is 11.2 Å². The zero-order valence-corrected chi connectivity index (χ0v) is 12.0. The molecule has 0 unspecified atom stereocenters. The lowest BCUT2D eigenvalue weighted by Crippen LogP contribution is -2.50. The van der Waals surface area contributed by atoms with Gasteiger partial charge in [0.25, 0.3) is 0 Å². The number of thiophene rings is 1. The van der Waals surface area contributed by atoms with Crippen LogP contribution in [0.4, 0.5) is 0 Å². The fraction of sp³-hybridized carbons (Fsp3) is 0.667. The number of likely N-dealkylation sites (tertiary alicyclic amines) is 1. The van der Waals surface area contributed by atoms with Gasteiger partial charge >= 0.3 is 0 Å². The van der Waals surface area contributed by atoms with E-state index < -0.39 is 0 Å². The molecular formula is C15H21NO2S. The van der Waals surface area contributed by atoms with Crippen LogP contribution in [0.15, 0.2) is 16.8 Å². The van der Waals surface area contributed by atoms with Crippen LogP contribution < -0.4 is 0 Å². The topological polar surface area (TPSA) is 40.5 Å². The molecule has 0 aromatic carbocycles. The van der Waals surface area contributed by atoms with Crippen molar-refractivity contribution < 1.29 is 9.90 Å². The Hall–Kier alpha value is -0.870. The van der Waals surface area contributed by atoms with E-state index in [1.165, 1.54) is 5.56 Å². The van der Waals surface area contributed by atoms with Crippen molar-refractivity contribution in [2.45, 2.75) is 56.6 Å². The minimum Gasteiger partial charge on any atom is -0.391 e. The maximum Gasteiger partial charge on any atom is 0.223 e. The van der Waals surface area contributed by atoms with Crippen LogP contribution in [0.3, 0.4) is 0 Å². The second-order valence-electron chi connectivity index (χ2n) is 5.79. The van der Waals surface area contributed by atoms with Crippen LogP contribution in [0.2, 0.25) is 0 Å². The highest BCUT2D eigenvalue weighted by Crippen LogP contribution is 2.43. The molecule has 1 aliphatic carbocycles. The van der Waals surface area contributed by atoms with Gasteiger partial charge in [-0.1, -0.05) is 12.8 Å². The second-order valence-corrected chi connectivity index (χ2v) is 6.57. The van der Waals surface area contributed by atoms with Crippen LogP contribution in [-0.4, -0.2) is 34.1 Å². The number of aliphatic hydroxyl groups excluding tert-OH is 1. The molecule has 1 saturated carbocycles. The van der Waals surface area contributed by atoms with Gasteiger partial charge in [-0.2, -0.15) is 11.3 Å². The highest BCUT2D eigenvalue weighted by molar-refractivity contribution is 7.07. The molecule has 1 aromatic rings. The molecule has 1 aliphatic heterocycles. The van der Waals surface area contributed by atoms with Crippen LogP contribution >= 0.6 is 11.3 Å². The molecule has 1 amide bonds. The summed E-state index contributed by atoms with van der Waals surface area (Å²) >= 11 is 1.68. The van der Waals surface area contributed by atoms with Gasteiger partial charge in [-0.15, -0.1) is 0 Å². The second kappa shape index (κ2) is 5.25. The van der Waals surface area contributed by atoms with Gasteiger partial charge < -0.3 is 10.0 Å². The van der Waals surface area contributed by atoms with Gasteiger partial charge in [-0.3, -0.25) is 4.79 Å².